The highest BCUT2D eigenvalue weighted by molar-refractivity contribution is 6.67. The van der Waals surface area contributed by atoms with Gasteiger partial charge in [-0.1, -0.05) is 7.43 Å². The van der Waals surface area contributed by atoms with Gasteiger partial charge in [0.1, 0.15) is 13.6 Å². The molecule has 0 bridgehead atoms. The highest BCUT2D eigenvalue weighted by Crippen LogP contribution is 2.04. The average molecular weight is 421 g/mol. The van der Waals surface area contributed by atoms with Crippen molar-refractivity contribution in [2.24, 2.45) is 5.73 Å². The molecule has 0 spiro atoms. The minimum atomic E-state index is -0.815. The lowest BCUT2D eigenvalue weighted by Gasteiger charge is -2.15. The van der Waals surface area contributed by atoms with Gasteiger partial charge in [0.25, 0.3) is 5.78 Å². The van der Waals surface area contributed by atoms with Gasteiger partial charge in [-0.3, -0.25) is 14.4 Å². The number of rotatable bonds is 6. The van der Waals surface area contributed by atoms with Crippen LogP contribution in [-0.4, -0.2) is 62.3 Å². The number of carbonyl (C=O) groups excluding carboxylic acids is 5. The van der Waals surface area contributed by atoms with Crippen LogP contribution in [-0.2, 0) is 33.4 Å². The molecule has 0 saturated heterocycles. The molecule has 1 aliphatic carbocycles. The van der Waals surface area contributed by atoms with Crippen molar-refractivity contribution in [3.05, 3.63) is 0 Å². The number of hydrogen-bond acceptors (Lipinski definition) is 8. The van der Waals surface area contributed by atoms with E-state index in [9.17, 15) is 14.4 Å². The molecule has 1 saturated carbocycles. The molecule has 0 aromatic rings. The maximum atomic E-state index is 10.2. The lowest BCUT2D eigenvalue weighted by molar-refractivity contribution is -0.140. The molecule has 1 fully saturated rings. The van der Waals surface area contributed by atoms with E-state index in [4.69, 9.17) is 48.0 Å². The van der Waals surface area contributed by atoms with Crippen molar-refractivity contribution in [2.75, 3.05) is 25.1 Å². The third kappa shape index (κ3) is 25.1. The molecular weight excluding hydrogens is 389 g/mol. The maximum absolute atomic E-state index is 10.2. The van der Waals surface area contributed by atoms with Crippen LogP contribution in [0.5, 0.6) is 0 Å². The number of alkyl halides is 2. The monoisotopic (exact) mass is 420 g/mol. The third-order valence-corrected chi connectivity index (χ3v) is 2.19. The van der Waals surface area contributed by atoms with Gasteiger partial charge < -0.3 is 24.8 Å². The van der Waals surface area contributed by atoms with Gasteiger partial charge in [-0.25, -0.2) is 0 Å². The lowest BCUT2D eigenvalue weighted by Crippen LogP contribution is -2.21. The Hall–Kier alpha value is -1.19. The van der Waals surface area contributed by atoms with E-state index in [1.54, 1.807) is 0 Å². The molecule has 0 aliphatic heterocycles. The van der Waals surface area contributed by atoms with Crippen molar-refractivity contribution >= 4 is 54.1 Å². The van der Waals surface area contributed by atoms with E-state index < -0.39 is 17.3 Å². The van der Waals surface area contributed by atoms with Crippen LogP contribution in [0, 0.1) is 0 Å². The summed E-state index contributed by atoms with van der Waals surface area (Å²) >= 11 is 9.53. The summed E-state index contributed by atoms with van der Waals surface area (Å²) in [6, 6.07) is 0. The van der Waals surface area contributed by atoms with Crippen LogP contribution < -0.4 is 5.73 Å². The Morgan fingerprint density at radius 2 is 1.31 bits per heavy atom. The maximum Gasteiger partial charge on any atom is 1.00 e. The molecule has 1 rings (SSSR count). The van der Waals surface area contributed by atoms with Crippen molar-refractivity contribution < 1.29 is 34.9 Å². The van der Waals surface area contributed by atoms with Crippen LogP contribution in [0.4, 0.5) is 0 Å². The number of Topliss-reactive ketones (excluding diaryl/α,β-unsaturated/α-hetero) is 3. The molecule has 8 nitrogen and oxygen atoms in total. The van der Waals surface area contributed by atoms with Crippen molar-refractivity contribution in [3.8, 4) is 0 Å². The van der Waals surface area contributed by atoms with Crippen molar-refractivity contribution in [1.29, 1.82) is 0 Å². The van der Waals surface area contributed by atoms with E-state index in [-0.39, 0.29) is 33.3 Å². The largest absolute Gasteiger partial charge is 1.00 e. The first-order chi connectivity index (χ1) is 12.0. The topological polar surface area (TPSA) is 130 Å². The fourth-order valence-corrected chi connectivity index (χ4v) is 1.33. The zero-order valence-corrected chi connectivity index (χ0v) is 16.1. The van der Waals surface area contributed by atoms with Crippen molar-refractivity contribution in [1.82, 2.24) is 0 Å². The van der Waals surface area contributed by atoms with Crippen LogP contribution in [0.15, 0.2) is 0 Å². The summed E-state index contributed by atoms with van der Waals surface area (Å²) in [6.45, 7) is 9.88. The third-order valence-electron chi connectivity index (χ3n) is 2.19. The van der Waals surface area contributed by atoms with Crippen LogP contribution in [0.1, 0.15) is 42.0 Å². The smallest absolute Gasteiger partial charge is 0.353 e. The van der Waals surface area contributed by atoms with E-state index in [1.165, 1.54) is 0 Å². The molecule has 0 unspecified atom stereocenters. The number of hydrogen-bond donors (Lipinski definition) is 1. The molecule has 10 heteroatoms. The number of ketones is 3. The number of carbonyl (C=O) groups is 5. The van der Waals surface area contributed by atoms with Gasteiger partial charge in [-0.15, -0.1) is 23.2 Å². The fraction of sp³-hybridized carbons (Fsp3) is 0.688. The molecule has 0 amide bonds. The van der Waals surface area contributed by atoms with Crippen LogP contribution in [0.2, 0.25) is 0 Å². The highest BCUT2D eigenvalue weighted by Gasteiger charge is 2.29. The predicted octanol–water partition coefficient (Wildman–Crippen LogP) is 2.02. The van der Waals surface area contributed by atoms with Gasteiger partial charge in [0.2, 0.25) is 11.6 Å². The molecule has 0 radical (unpaired) electrons. The van der Waals surface area contributed by atoms with E-state index in [0.717, 1.165) is 6.42 Å². The average Bonchev–Trinajstić information content (AvgIpc) is 2.92. The van der Waals surface area contributed by atoms with Gasteiger partial charge >= 0.3 is 1.43 Å². The quantitative estimate of drug-likeness (QED) is 0.392. The number of nitrogens with two attached hydrogens (primary N) is 1. The van der Waals surface area contributed by atoms with Crippen molar-refractivity contribution in [3.63, 3.8) is 0 Å². The Morgan fingerprint density at radius 3 is 1.46 bits per heavy atom. The molecule has 1 aliphatic rings. The Morgan fingerprint density at radius 1 is 1.00 bits per heavy atom. The first-order valence-electron chi connectivity index (χ1n) is 7.21. The summed E-state index contributed by atoms with van der Waals surface area (Å²) in [7, 11) is 0. The number of halogens is 2. The van der Waals surface area contributed by atoms with E-state index >= 15 is 0 Å². The standard InChI is InChI=1S/C7H17NO2.C5H4O3.CH2Cl2.2CH2O.CH4/c1-3-9-7(5-6-8)10-4-2;6-3-1-2-4(7)5(3)8;2-1-3;2*1-2;/h7H,3-6,8H2,1-2H3;1-2H2;1H2;2*1H2;1H4/p+1. The predicted molar refractivity (Wildman–Crippen MR) is 104 cm³/mol. The normalized spacial score (nSPS) is 11.4. The second-order valence-electron chi connectivity index (χ2n) is 3.69. The molecule has 0 heterocycles. The highest BCUT2D eigenvalue weighted by atomic mass is 35.5. The van der Waals surface area contributed by atoms with Crippen LogP contribution in [0.3, 0.4) is 0 Å². The Labute approximate surface area is 167 Å². The van der Waals surface area contributed by atoms with E-state index in [0.29, 0.717) is 19.8 Å². The molecule has 2 N–H and O–H groups in total. The molecule has 0 aromatic heterocycles. The minimum absolute atomic E-state index is 0. The van der Waals surface area contributed by atoms with Gasteiger partial charge in [-0.2, -0.15) is 0 Å². The first kappa shape index (κ1) is 35.8. The van der Waals surface area contributed by atoms with Crippen LogP contribution in [0.25, 0.3) is 0 Å². The van der Waals surface area contributed by atoms with Crippen molar-refractivity contribution in [2.45, 2.75) is 46.8 Å². The lowest BCUT2D eigenvalue weighted by atomic mass is 10.3. The molecule has 156 valence electrons. The van der Waals surface area contributed by atoms with Crippen LogP contribution >= 0.6 is 23.2 Å². The summed E-state index contributed by atoms with van der Waals surface area (Å²) in [5, 5.41) is 0.194. The van der Waals surface area contributed by atoms with Gasteiger partial charge in [-0.05, 0) is 20.4 Å². The zero-order valence-electron chi connectivity index (χ0n) is 15.6. The second kappa shape index (κ2) is 31.6. The second-order valence-corrected chi connectivity index (χ2v) is 4.50. The Bertz CT molecular complexity index is 316. The van der Waals surface area contributed by atoms with Gasteiger partial charge in [0.15, 0.2) is 6.29 Å². The first-order valence-corrected chi connectivity index (χ1v) is 8.28. The van der Waals surface area contributed by atoms with Gasteiger partial charge in [0.05, 0.1) is 5.34 Å². The molecular formula is C16H32Cl2NO7+. The zero-order chi connectivity index (χ0) is 20.7. The summed E-state index contributed by atoms with van der Waals surface area (Å²) in [4.78, 5) is 46.6. The Kier molecular flexibility index (Phi) is 43.5. The SMILES string of the molecule is C.C=O.C=O.CCOC(CCN)OCC.ClCCl.O=C1CCC(=O)C1=O.[H+]. The summed E-state index contributed by atoms with van der Waals surface area (Å²) in [6.07, 6.45) is 0.928. The minimum Gasteiger partial charge on any atom is -0.353 e. The number of ether oxygens (including phenoxy) is 2. The summed E-state index contributed by atoms with van der Waals surface area (Å²) in [5.74, 6) is -1.88. The summed E-state index contributed by atoms with van der Waals surface area (Å²) < 4.78 is 10.4. The van der Waals surface area contributed by atoms with E-state index in [2.05, 4.69) is 0 Å². The Balaban J connectivity index is -0.0000000585. The summed E-state index contributed by atoms with van der Waals surface area (Å²) in [5.41, 5.74) is 5.33. The molecule has 0 atom stereocenters. The van der Waals surface area contributed by atoms with E-state index in [1.807, 2.05) is 27.4 Å². The molecule has 26 heavy (non-hydrogen) atoms. The molecule has 0 aromatic carbocycles. The fourth-order valence-electron chi connectivity index (χ4n) is 1.33. The van der Waals surface area contributed by atoms with Gasteiger partial charge in [0, 0.05) is 32.5 Å².